The quantitative estimate of drug-likeness (QED) is 0.576. The zero-order valence-corrected chi connectivity index (χ0v) is 11.4. The van der Waals surface area contributed by atoms with Gasteiger partial charge in [-0.05, 0) is 30.7 Å². The maximum absolute atomic E-state index is 13.1. The van der Waals surface area contributed by atoms with E-state index in [1.54, 1.807) is 12.3 Å². The third kappa shape index (κ3) is 4.38. The number of nitrogens with one attached hydrogen (secondary N) is 3. The Morgan fingerprint density at radius 2 is 2.25 bits per heavy atom. The van der Waals surface area contributed by atoms with E-state index in [0.29, 0.717) is 19.0 Å². The van der Waals surface area contributed by atoms with Crippen molar-refractivity contribution in [3.63, 3.8) is 0 Å². The van der Waals surface area contributed by atoms with Gasteiger partial charge in [0.05, 0.1) is 18.8 Å². The molecule has 1 aromatic heterocycles. The SMILES string of the molecule is CCNC(=NCc1cccc(F)c1)NCc1ccn[nH]1. The zero-order valence-electron chi connectivity index (χ0n) is 11.4. The van der Waals surface area contributed by atoms with Crippen LogP contribution in [0.15, 0.2) is 41.5 Å². The number of hydrogen-bond donors (Lipinski definition) is 3. The second kappa shape index (κ2) is 7.28. The van der Waals surface area contributed by atoms with Gasteiger partial charge in [-0.25, -0.2) is 9.38 Å². The van der Waals surface area contributed by atoms with Crippen LogP contribution in [0.1, 0.15) is 18.2 Å². The Morgan fingerprint density at radius 1 is 1.35 bits per heavy atom. The van der Waals surface area contributed by atoms with E-state index in [1.165, 1.54) is 12.1 Å². The fourth-order valence-corrected chi connectivity index (χ4v) is 1.71. The highest BCUT2D eigenvalue weighted by Crippen LogP contribution is 2.04. The monoisotopic (exact) mass is 275 g/mol. The van der Waals surface area contributed by atoms with E-state index in [0.717, 1.165) is 17.8 Å². The molecule has 0 aliphatic rings. The molecule has 0 bridgehead atoms. The molecule has 5 nitrogen and oxygen atoms in total. The van der Waals surface area contributed by atoms with Crippen LogP contribution in [-0.2, 0) is 13.1 Å². The van der Waals surface area contributed by atoms with E-state index >= 15 is 0 Å². The van der Waals surface area contributed by atoms with Crippen LogP contribution in [-0.4, -0.2) is 22.7 Å². The molecule has 2 aromatic rings. The lowest BCUT2D eigenvalue weighted by Gasteiger charge is -2.10. The molecule has 3 N–H and O–H groups in total. The van der Waals surface area contributed by atoms with Crippen LogP contribution < -0.4 is 10.6 Å². The number of rotatable bonds is 5. The van der Waals surface area contributed by atoms with E-state index in [2.05, 4.69) is 25.8 Å². The van der Waals surface area contributed by atoms with Gasteiger partial charge < -0.3 is 10.6 Å². The minimum Gasteiger partial charge on any atom is -0.357 e. The van der Waals surface area contributed by atoms with Crippen molar-refractivity contribution in [3.05, 3.63) is 53.6 Å². The second-order valence-corrected chi connectivity index (χ2v) is 4.26. The van der Waals surface area contributed by atoms with Crippen molar-refractivity contribution < 1.29 is 4.39 Å². The van der Waals surface area contributed by atoms with Gasteiger partial charge in [0.2, 0.25) is 0 Å². The Labute approximate surface area is 117 Å². The first kappa shape index (κ1) is 14.0. The first-order valence-electron chi connectivity index (χ1n) is 6.53. The van der Waals surface area contributed by atoms with Crippen LogP contribution in [0.5, 0.6) is 0 Å². The molecule has 0 amide bonds. The Hall–Kier alpha value is -2.37. The lowest BCUT2D eigenvalue weighted by molar-refractivity contribution is 0.625. The van der Waals surface area contributed by atoms with Gasteiger partial charge in [-0.2, -0.15) is 5.10 Å². The lowest BCUT2D eigenvalue weighted by Crippen LogP contribution is -2.36. The fraction of sp³-hybridized carbons (Fsp3) is 0.286. The van der Waals surface area contributed by atoms with Gasteiger partial charge in [0.1, 0.15) is 5.82 Å². The molecule has 0 spiro atoms. The molecular weight excluding hydrogens is 257 g/mol. The van der Waals surface area contributed by atoms with Crippen LogP contribution in [0.3, 0.4) is 0 Å². The van der Waals surface area contributed by atoms with Gasteiger partial charge in [-0.1, -0.05) is 12.1 Å². The van der Waals surface area contributed by atoms with Gasteiger partial charge in [0.15, 0.2) is 5.96 Å². The Kier molecular flexibility index (Phi) is 5.11. The molecule has 6 heteroatoms. The predicted molar refractivity (Wildman–Crippen MR) is 76.6 cm³/mol. The van der Waals surface area contributed by atoms with Gasteiger partial charge in [0, 0.05) is 12.7 Å². The molecule has 0 aliphatic carbocycles. The molecule has 0 aliphatic heterocycles. The van der Waals surface area contributed by atoms with Crippen LogP contribution in [0.25, 0.3) is 0 Å². The third-order valence-electron chi connectivity index (χ3n) is 2.66. The van der Waals surface area contributed by atoms with Crippen LogP contribution in [0.2, 0.25) is 0 Å². The number of nitrogens with zero attached hydrogens (tertiary/aromatic N) is 2. The highest BCUT2D eigenvalue weighted by Gasteiger charge is 1.99. The van der Waals surface area contributed by atoms with E-state index in [4.69, 9.17) is 0 Å². The largest absolute Gasteiger partial charge is 0.357 e. The predicted octanol–water partition coefficient (Wildman–Crippen LogP) is 1.80. The van der Waals surface area contributed by atoms with E-state index in [9.17, 15) is 4.39 Å². The topological polar surface area (TPSA) is 65.1 Å². The summed E-state index contributed by atoms with van der Waals surface area (Å²) in [7, 11) is 0. The van der Waals surface area contributed by atoms with Gasteiger partial charge >= 0.3 is 0 Å². The number of guanidine groups is 1. The summed E-state index contributed by atoms with van der Waals surface area (Å²) < 4.78 is 13.1. The summed E-state index contributed by atoms with van der Waals surface area (Å²) in [5.41, 5.74) is 1.81. The number of aromatic amines is 1. The molecule has 0 saturated carbocycles. The maximum atomic E-state index is 13.1. The van der Waals surface area contributed by atoms with Gasteiger partial charge in [-0.3, -0.25) is 5.10 Å². The summed E-state index contributed by atoms with van der Waals surface area (Å²) in [6.07, 6.45) is 1.70. The Bertz CT molecular complexity index is 550. The van der Waals surface area contributed by atoms with Crippen molar-refractivity contribution in [2.45, 2.75) is 20.0 Å². The zero-order chi connectivity index (χ0) is 14.2. The smallest absolute Gasteiger partial charge is 0.191 e. The summed E-state index contributed by atoms with van der Waals surface area (Å²) in [4.78, 5) is 4.42. The maximum Gasteiger partial charge on any atom is 0.191 e. The van der Waals surface area contributed by atoms with Gasteiger partial charge in [0.25, 0.3) is 0 Å². The number of aliphatic imine (C=N–C) groups is 1. The van der Waals surface area contributed by atoms with Crippen molar-refractivity contribution in [2.75, 3.05) is 6.54 Å². The van der Waals surface area contributed by atoms with E-state index in [1.807, 2.05) is 19.1 Å². The molecule has 0 atom stereocenters. The molecule has 2 rings (SSSR count). The summed E-state index contributed by atoms with van der Waals surface area (Å²) in [6, 6.07) is 8.34. The minimum atomic E-state index is -0.242. The number of aromatic nitrogens is 2. The standard InChI is InChI=1S/C14H18FN5/c1-2-16-14(18-10-13-6-7-19-20-13)17-9-11-4-3-5-12(15)8-11/h3-8H,2,9-10H2,1H3,(H,19,20)(H2,16,17,18). The third-order valence-corrected chi connectivity index (χ3v) is 2.66. The normalized spacial score (nSPS) is 11.4. The van der Waals surface area contributed by atoms with Crippen LogP contribution in [0, 0.1) is 5.82 Å². The molecule has 106 valence electrons. The molecule has 1 aromatic carbocycles. The average molecular weight is 275 g/mol. The Balaban J connectivity index is 1.94. The molecule has 0 radical (unpaired) electrons. The van der Waals surface area contributed by atoms with Crippen molar-refractivity contribution >= 4 is 5.96 Å². The second-order valence-electron chi connectivity index (χ2n) is 4.26. The molecule has 0 unspecified atom stereocenters. The number of hydrogen-bond acceptors (Lipinski definition) is 2. The summed E-state index contributed by atoms with van der Waals surface area (Å²) in [6.45, 7) is 3.79. The first-order chi connectivity index (χ1) is 9.78. The van der Waals surface area contributed by atoms with E-state index in [-0.39, 0.29) is 5.82 Å². The lowest BCUT2D eigenvalue weighted by atomic mass is 10.2. The Morgan fingerprint density at radius 3 is 2.95 bits per heavy atom. The number of H-pyrrole nitrogens is 1. The first-order valence-corrected chi connectivity index (χ1v) is 6.53. The molecule has 1 heterocycles. The summed E-state index contributed by atoms with van der Waals surface area (Å²) >= 11 is 0. The molecular formula is C14H18FN5. The minimum absolute atomic E-state index is 0.242. The van der Waals surface area contributed by atoms with Crippen LogP contribution >= 0.6 is 0 Å². The number of benzene rings is 1. The molecule has 0 saturated heterocycles. The highest BCUT2D eigenvalue weighted by atomic mass is 19.1. The van der Waals surface area contributed by atoms with Crippen molar-refractivity contribution in [2.24, 2.45) is 4.99 Å². The van der Waals surface area contributed by atoms with E-state index < -0.39 is 0 Å². The van der Waals surface area contributed by atoms with Crippen molar-refractivity contribution in [1.82, 2.24) is 20.8 Å². The summed E-state index contributed by atoms with van der Waals surface area (Å²) in [5, 5.41) is 13.1. The van der Waals surface area contributed by atoms with Crippen LogP contribution in [0.4, 0.5) is 4.39 Å². The fourth-order valence-electron chi connectivity index (χ4n) is 1.71. The molecule has 0 fully saturated rings. The van der Waals surface area contributed by atoms with Crippen molar-refractivity contribution in [1.29, 1.82) is 0 Å². The highest BCUT2D eigenvalue weighted by molar-refractivity contribution is 5.79. The number of halogens is 1. The van der Waals surface area contributed by atoms with Crippen molar-refractivity contribution in [3.8, 4) is 0 Å². The summed E-state index contributed by atoms with van der Waals surface area (Å²) in [5.74, 6) is 0.444. The van der Waals surface area contributed by atoms with Gasteiger partial charge in [-0.15, -0.1) is 0 Å². The average Bonchev–Trinajstić information content (AvgIpc) is 2.95. The molecule has 20 heavy (non-hydrogen) atoms.